The first-order chi connectivity index (χ1) is 19.3. The molecule has 3 heterocycles. The highest BCUT2D eigenvalue weighted by Crippen LogP contribution is 2.40. The zero-order valence-electron chi connectivity index (χ0n) is 21.0. The molecule has 0 saturated heterocycles. The highest BCUT2D eigenvalue weighted by molar-refractivity contribution is 6.23. The number of aromatic nitrogens is 2. The van der Waals surface area contributed by atoms with Crippen molar-refractivity contribution in [2.75, 3.05) is 0 Å². The molecule has 0 bridgehead atoms. The van der Waals surface area contributed by atoms with Crippen molar-refractivity contribution in [2.24, 2.45) is 0 Å². The normalized spacial score (nSPS) is 12.1. The maximum atomic E-state index is 6.48. The van der Waals surface area contributed by atoms with E-state index in [-0.39, 0.29) is 0 Å². The molecule has 9 aromatic rings. The molecule has 6 aromatic carbocycles. The Morgan fingerprint density at radius 2 is 1.21 bits per heavy atom. The number of nitrogens with one attached hydrogen (secondary N) is 1. The van der Waals surface area contributed by atoms with Gasteiger partial charge in [0.1, 0.15) is 11.2 Å². The number of furan rings is 1. The molecule has 3 heteroatoms. The van der Waals surface area contributed by atoms with Crippen LogP contribution in [0.5, 0.6) is 0 Å². The molecular formula is C36H22N2O. The molecule has 0 saturated carbocycles. The summed E-state index contributed by atoms with van der Waals surface area (Å²) >= 11 is 0. The summed E-state index contributed by atoms with van der Waals surface area (Å²) in [5.74, 6) is 0. The van der Waals surface area contributed by atoms with Gasteiger partial charge in [-0.2, -0.15) is 0 Å². The molecule has 39 heavy (non-hydrogen) atoms. The summed E-state index contributed by atoms with van der Waals surface area (Å²) in [4.78, 5) is 3.54. The largest absolute Gasteiger partial charge is 0.455 e. The lowest BCUT2D eigenvalue weighted by molar-refractivity contribution is 0.673. The molecule has 0 amide bonds. The van der Waals surface area contributed by atoms with E-state index in [2.05, 4.69) is 137 Å². The van der Waals surface area contributed by atoms with Crippen LogP contribution < -0.4 is 0 Å². The maximum Gasteiger partial charge on any atom is 0.145 e. The van der Waals surface area contributed by atoms with Crippen LogP contribution in [0.3, 0.4) is 0 Å². The molecule has 0 fully saturated rings. The van der Waals surface area contributed by atoms with E-state index in [0.717, 1.165) is 38.4 Å². The Labute approximate surface area is 223 Å². The minimum absolute atomic E-state index is 0.910. The van der Waals surface area contributed by atoms with Crippen molar-refractivity contribution >= 4 is 65.6 Å². The Balaban J connectivity index is 1.27. The fourth-order valence-electron chi connectivity index (χ4n) is 6.35. The van der Waals surface area contributed by atoms with E-state index in [1.807, 2.05) is 0 Å². The van der Waals surface area contributed by atoms with Gasteiger partial charge in [0.05, 0.1) is 21.9 Å². The molecule has 0 spiro atoms. The van der Waals surface area contributed by atoms with Gasteiger partial charge in [0.25, 0.3) is 0 Å². The van der Waals surface area contributed by atoms with E-state index in [4.69, 9.17) is 4.42 Å². The number of nitrogens with zero attached hydrogens (tertiary/aromatic N) is 1. The summed E-state index contributed by atoms with van der Waals surface area (Å²) in [5.41, 5.74) is 10.1. The third kappa shape index (κ3) is 2.87. The second kappa shape index (κ2) is 7.62. The number of fused-ring (bicyclic) bond motifs is 10. The zero-order valence-corrected chi connectivity index (χ0v) is 21.0. The Hall–Kier alpha value is -5.28. The first-order valence-electron chi connectivity index (χ1n) is 13.3. The number of para-hydroxylation sites is 3. The molecule has 0 aliphatic heterocycles. The predicted molar refractivity (Wildman–Crippen MR) is 163 cm³/mol. The van der Waals surface area contributed by atoms with Crippen LogP contribution >= 0.6 is 0 Å². The van der Waals surface area contributed by atoms with Crippen LogP contribution in [-0.2, 0) is 0 Å². The summed E-state index contributed by atoms with van der Waals surface area (Å²) in [7, 11) is 0. The van der Waals surface area contributed by atoms with Crippen LogP contribution in [0.25, 0.3) is 82.4 Å². The lowest BCUT2D eigenvalue weighted by atomic mass is 10.00. The molecule has 182 valence electrons. The highest BCUT2D eigenvalue weighted by atomic mass is 16.3. The van der Waals surface area contributed by atoms with Crippen LogP contribution in [0.1, 0.15) is 0 Å². The lowest BCUT2D eigenvalue weighted by Gasteiger charge is -2.08. The van der Waals surface area contributed by atoms with Crippen molar-refractivity contribution in [3.8, 4) is 16.8 Å². The number of H-pyrrole nitrogens is 1. The molecular weight excluding hydrogens is 476 g/mol. The van der Waals surface area contributed by atoms with Crippen molar-refractivity contribution in [1.29, 1.82) is 0 Å². The van der Waals surface area contributed by atoms with E-state index < -0.39 is 0 Å². The number of benzene rings is 6. The zero-order chi connectivity index (χ0) is 25.5. The molecule has 0 radical (unpaired) electrons. The van der Waals surface area contributed by atoms with Gasteiger partial charge in [-0.1, -0.05) is 66.7 Å². The van der Waals surface area contributed by atoms with Gasteiger partial charge in [0.15, 0.2) is 0 Å². The third-order valence-corrected chi connectivity index (χ3v) is 8.13. The van der Waals surface area contributed by atoms with Gasteiger partial charge < -0.3 is 14.0 Å². The summed E-state index contributed by atoms with van der Waals surface area (Å²) in [6.45, 7) is 0. The smallest absolute Gasteiger partial charge is 0.145 e. The van der Waals surface area contributed by atoms with Gasteiger partial charge in [-0.15, -0.1) is 0 Å². The number of aromatic amines is 1. The second-order valence-electron chi connectivity index (χ2n) is 10.3. The highest BCUT2D eigenvalue weighted by Gasteiger charge is 2.16. The number of hydrogen-bond acceptors (Lipinski definition) is 1. The molecule has 0 aliphatic carbocycles. The summed E-state index contributed by atoms with van der Waals surface area (Å²) < 4.78 is 8.83. The van der Waals surface area contributed by atoms with Crippen molar-refractivity contribution in [1.82, 2.24) is 9.55 Å². The van der Waals surface area contributed by atoms with Gasteiger partial charge in [0.2, 0.25) is 0 Å². The fraction of sp³-hybridized carbons (Fsp3) is 0. The predicted octanol–water partition coefficient (Wildman–Crippen LogP) is 9.98. The minimum atomic E-state index is 0.910. The standard InChI is InChI=1S/C36H22N2O/c1-2-8-24(9-3-1)38-32-13-7-5-10-25(32)28-20-22(14-18-33(28)38)23-15-19-34-29(21-23)26-16-17-31-35(36(26)39-34)27-11-4-6-12-30(27)37-31/h1-21,37H. The van der Waals surface area contributed by atoms with E-state index in [1.54, 1.807) is 0 Å². The Morgan fingerprint density at radius 3 is 2.10 bits per heavy atom. The first-order valence-corrected chi connectivity index (χ1v) is 13.3. The third-order valence-electron chi connectivity index (χ3n) is 8.13. The van der Waals surface area contributed by atoms with Crippen molar-refractivity contribution in [2.45, 2.75) is 0 Å². The molecule has 0 unspecified atom stereocenters. The molecule has 0 atom stereocenters. The SMILES string of the molecule is c1ccc(-n2c3ccccc3c3cc(-c4ccc5oc6c(ccc7[nH]c8ccccc8c76)c5c4)ccc32)cc1. The maximum absolute atomic E-state index is 6.48. The van der Waals surface area contributed by atoms with Gasteiger partial charge in [-0.05, 0) is 71.8 Å². The first kappa shape index (κ1) is 20.7. The Bertz CT molecular complexity index is 2390. The van der Waals surface area contributed by atoms with Crippen LogP contribution in [0.2, 0.25) is 0 Å². The number of rotatable bonds is 2. The second-order valence-corrected chi connectivity index (χ2v) is 10.3. The lowest BCUT2D eigenvalue weighted by Crippen LogP contribution is -1.92. The van der Waals surface area contributed by atoms with Crippen molar-refractivity contribution in [3.63, 3.8) is 0 Å². The summed E-state index contributed by atoms with van der Waals surface area (Å²) in [6.07, 6.45) is 0. The van der Waals surface area contributed by atoms with Crippen LogP contribution in [-0.4, -0.2) is 9.55 Å². The van der Waals surface area contributed by atoms with Crippen molar-refractivity contribution in [3.05, 3.63) is 127 Å². The van der Waals surface area contributed by atoms with Crippen molar-refractivity contribution < 1.29 is 4.42 Å². The van der Waals surface area contributed by atoms with Gasteiger partial charge >= 0.3 is 0 Å². The fourth-order valence-corrected chi connectivity index (χ4v) is 6.35. The molecule has 3 nitrogen and oxygen atoms in total. The quantitative estimate of drug-likeness (QED) is 0.253. The Kier molecular flexibility index (Phi) is 4.05. The van der Waals surface area contributed by atoms with E-state index in [0.29, 0.717) is 0 Å². The van der Waals surface area contributed by atoms with Gasteiger partial charge in [-0.25, -0.2) is 0 Å². The van der Waals surface area contributed by atoms with Gasteiger partial charge in [-0.3, -0.25) is 0 Å². The Morgan fingerprint density at radius 1 is 0.487 bits per heavy atom. The molecule has 3 aromatic heterocycles. The van der Waals surface area contributed by atoms with Crippen LogP contribution in [0, 0.1) is 0 Å². The molecule has 9 rings (SSSR count). The minimum Gasteiger partial charge on any atom is -0.455 e. The van der Waals surface area contributed by atoms with Crippen LogP contribution in [0.4, 0.5) is 0 Å². The van der Waals surface area contributed by atoms with E-state index in [9.17, 15) is 0 Å². The molecule has 0 aliphatic rings. The van der Waals surface area contributed by atoms with Gasteiger partial charge in [0, 0.05) is 38.1 Å². The monoisotopic (exact) mass is 498 g/mol. The average Bonchev–Trinajstić information content (AvgIpc) is 3.66. The number of hydrogen-bond donors (Lipinski definition) is 1. The van der Waals surface area contributed by atoms with Crippen LogP contribution in [0.15, 0.2) is 132 Å². The summed E-state index contributed by atoms with van der Waals surface area (Å²) in [6, 6.07) is 45.4. The average molecular weight is 499 g/mol. The summed E-state index contributed by atoms with van der Waals surface area (Å²) in [5, 5.41) is 7.14. The topological polar surface area (TPSA) is 33.9 Å². The van der Waals surface area contributed by atoms with E-state index in [1.165, 1.54) is 44.0 Å². The molecule has 1 N–H and O–H groups in total. The van der Waals surface area contributed by atoms with E-state index >= 15 is 0 Å².